The second-order valence-corrected chi connectivity index (χ2v) is 6.53. The lowest BCUT2D eigenvalue weighted by atomic mass is 10.1. The average Bonchev–Trinajstić information content (AvgIpc) is 3.40. The second-order valence-electron chi connectivity index (χ2n) is 6.53. The van der Waals surface area contributed by atoms with Gasteiger partial charge in [0.15, 0.2) is 5.76 Å². The molecule has 1 aliphatic heterocycles. The number of likely N-dealkylation sites (tertiary alicyclic amines) is 1. The first-order valence-electron chi connectivity index (χ1n) is 8.58. The molecule has 10 heteroatoms. The van der Waals surface area contributed by atoms with E-state index >= 15 is 0 Å². The van der Waals surface area contributed by atoms with Crippen molar-refractivity contribution in [3.63, 3.8) is 0 Å². The molecule has 0 aliphatic carbocycles. The maximum absolute atomic E-state index is 12.9. The van der Waals surface area contributed by atoms with Crippen molar-refractivity contribution in [3.8, 4) is 11.4 Å². The van der Waals surface area contributed by atoms with Crippen LogP contribution in [0.2, 0.25) is 0 Å². The monoisotopic (exact) mass is 392 g/mol. The molecular weight excluding hydrogens is 377 g/mol. The van der Waals surface area contributed by atoms with Crippen LogP contribution in [-0.2, 0) is 6.18 Å². The molecule has 28 heavy (non-hydrogen) atoms. The summed E-state index contributed by atoms with van der Waals surface area (Å²) in [4.78, 5) is 17.9. The molecule has 0 spiro atoms. The fourth-order valence-corrected chi connectivity index (χ4v) is 3.23. The van der Waals surface area contributed by atoms with Crippen molar-refractivity contribution >= 4 is 5.91 Å². The molecule has 146 valence electrons. The molecule has 2 aromatic heterocycles. The van der Waals surface area contributed by atoms with E-state index in [1.54, 1.807) is 4.90 Å². The lowest BCUT2D eigenvalue weighted by Gasteiger charge is -2.22. The number of hydrogen-bond acceptors (Lipinski definition) is 6. The molecule has 0 bridgehead atoms. The van der Waals surface area contributed by atoms with Crippen LogP contribution in [-0.4, -0.2) is 32.6 Å². The molecule has 1 amide bonds. The first kappa shape index (κ1) is 18.2. The van der Waals surface area contributed by atoms with Gasteiger partial charge in [0.1, 0.15) is 0 Å². The van der Waals surface area contributed by atoms with E-state index in [1.165, 1.54) is 24.3 Å². The molecule has 7 nitrogen and oxygen atoms in total. The highest BCUT2D eigenvalue weighted by Gasteiger charge is 2.38. The summed E-state index contributed by atoms with van der Waals surface area (Å²) < 4.78 is 47.3. The Kier molecular flexibility index (Phi) is 4.40. The summed E-state index contributed by atoms with van der Waals surface area (Å²) in [6.07, 6.45) is -3.08. The highest BCUT2D eigenvalue weighted by atomic mass is 19.4. The van der Waals surface area contributed by atoms with Gasteiger partial charge in [0.2, 0.25) is 5.82 Å². The van der Waals surface area contributed by atoms with Crippen molar-refractivity contribution in [1.82, 2.24) is 20.2 Å². The van der Waals surface area contributed by atoms with Crippen molar-refractivity contribution in [2.75, 3.05) is 6.54 Å². The molecule has 0 radical (unpaired) electrons. The van der Waals surface area contributed by atoms with Crippen LogP contribution >= 0.6 is 0 Å². The number of halogens is 3. The Balaban J connectivity index is 1.53. The number of alkyl halides is 3. The van der Waals surface area contributed by atoms with E-state index in [2.05, 4.69) is 19.8 Å². The van der Waals surface area contributed by atoms with E-state index in [0.717, 1.165) is 18.5 Å². The van der Waals surface area contributed by atoms with Crippen LogP contribution in [0.5, 0.6) is 0 Å². The molecule has 3 heterocycles. The van der Waals surface area contributed by atoms with E-state index in [1.807, 2.05) is 13.0 Å². The van der Waals surface area contributed by atoms with Gasteiger partial charge >= 0.3 is 12.1 Å². The Morgan fingerprint density at radius 2 is 1.93 bits per heavy atom. The van der Waals surface area contributed by atoms with Gasteiger partial charge in [-0.1, -0.05) is 22.4 Å². The van der Waals surface area contributed by atoms with Crippen LogP contribution in [0.1, 0.15) is 46.6 Å². The van der Waals surface area contributed by atoms with Gasteiger partial charge in [-0.05, 0) is 31.9 Å². The second kappa shape index (κ2) is 6.77. The Hall–Kier alpha value is -3.17. The van der Waals surface area contributed by atoms with Gasteiger partial charge in [-0.2, -0.15) is 18.2 Å². The van der Waals surface area contributed by atoms with E-state index in [9.17, 15) is 18.0 Å². The van der Waals surface area contributed by atoms with Crippen molar-refractivity contribution in [1.29, 1.82) is 0 Å². The van der Waals surface area contributed by atoms with Gasteiger partial charge in [-0.25, -0.2) is 0 Å². The Labute approximate surface area is 157 Å². The van der Waals surface area contributed by atoms with Gasteiger partial charge in [0.25, 0.3) is 5.91 Å². The van der Waals surface area contributed by atoms with E-state index in [0.29, 0.717) is 23.4 Å². The number of benzene rings is 1. The van der Waals surface area contributed by atoms with Crippen molar-refractivity contribution in [2.45, 2.75) is 32.0 Å². The topological polar surface area (TPSA) is 85.3 Å². The van der Waals surface area contributed by atoms with Gasteiger partial charge in [-0.15, -0.1) is 0 Å². The van der Waals surface area contributed by atoms with Crippen LogP contribution in [0.4, 0.5) is 13.2 Å². The first-order chi connectivity index (χ1) is 13.3. The number of hydrogen-bond donors (Lipinski definition) is 0. The van der Waals surface area contributed by atoms with E-state index < -0.39 is 12.1 Å². The third-order valence-corrected chi connectivity index (χ3v) is 4.55. The minimum atomic E-state index is -4.70. The normalized spacial score (nSPS) is 17.3. The maximum Gasteiger partial charge on any atom is 0.471 e. The zero-order valence-electron chi connectivity index (χ0n) is 14.7. The summed E-state index contributed by atoms with van der Waals surface area (Å²) >= 11 is 0. The molecule has 1 saturated heterocycles. The zero-order valence-corrected chi connectivity index (χ0v) is 14.7. The first-order valence-corrected chi connectivity index (χ1v) is 8.58. The largest absolute Gasteiger partial charge is 0.471 e. The highest BCUT2D eigenvalue weighted by Crippen LogP contribution is 2.34. The number of amides is 1. The van der Waals surface area contributed by atoms with Gasteiger partial charge < -0.3 is 13.9 Å². The molecule has 0 unspecified atom stereocenters. The van der Waals surface area contributed by atoms with Crippen molar-refractivity contribution in [2.24, 2.45) is 0 Å². The Morgan fingerprint density at radius 3 is 2.54 bits per heavy atom. The number of aryl methyl sites for hydroxylation is 1. The molecule has 1 fully saturated rings. The minimum absolute atomic E-state index is 0.181. The summed E-state index contributed by atoms with van der Waals surface area (Å²) in [5, 5.41) is 7.21. The van der Waals surface area contributed by atoms with Crippen molar-refractivity contribution < 1.29 is 27.0 Å². The fourth-order valence-electron chi connectivity index (χ4n) is 3.23. The Morgan fingerprint density at radius 1 is 1.18 bits per heavy atom. The van der Waals surface area contributed by atoms with Crippen LogP contribution in [0, 0.1) is 6.92 Å². The summed E-state index contributed by atoms with van der Waals surface area (Å²) in [7, 11) is 0. The quantitative estimate of drug-likeness (QED) is 0.669. The summed E-state index contributed by atoms with van der Waals surface area (Å²) in [5.41, 5.74) is 1.48. The molecule has 3 aromatic rings. The summed E-state index contributed by atoms with van der Waals surface area (Å²) in [6, 6.07) is 7.67. The van der Waals surface area contributed by atoms with Gasteiger partial charge in [0.05, 0.1) is 11.7 Å². The van der Waals surface area contributed by atoms with Crippen LogP contribution in [0.15, 0.2) is 39.4 Å². The highest BCUT2D eigenvalue weighted by molar-refractivity contribution is 5.95. The summed E-state index contributed by atoms with van der Waals surface area (Å²) in [6.45, 7) is 2.40. The van der Waals surface area contributed by atoms with Crippen LogP contribution in [0.3, 0.4) is 0 Å². The Bertz CT molecular complexity index is 994. The molecule has 4 rings (SSSR count). The van der Waals surface area contributed by atoms with Crippen LogP contribution < -0.4 is 0 Å². The SMILES string of the molecule is Cc1cc([C@@H]2CCCN2C(=O)c2ccc(-c3noc(C(F)(F)F)n3)cc2)on1. The predicted molar refractivity (Wildman–Crippen MR) is 89.0 cm³/mol. The summed E-state index contributed by atoms with van der Waals surface area (Å²) in [5.74, 6) is -1.15. The smallest absolute Gasteiger partial charge is 0.359 e. The number of carbonyl (C=O) groups is 1. The molecular formula is C18H15F3N4O3. The number of nitrogens with zero attached hydrogens (tertiary/aromatic N) is 4. The lowest BCUT2D eigenvalue weighted by Crippen LogP contribution is -2.30. The minimum Gasteiger partial charge on any atom is -0.359 e. The molecule has 1 aromatic carbocycles. The van der Waals surface area contributed by atoms with Crippen LogP contribution in [0.25, 0.3) is 11.4 Å². The third kappa shape index (κ3) is 3.37. The number of aromatic nitrogens is 3. The third-order valence-electron chi connectivity index (χ3n) is 4.55. The lowest BCUT2D eigenvalue weighted by molar-refractivity contribution is -0.159. The van der Waals surface area contributed by atoms with E-state index in [-0.39, 0.29) is 17.8 Å². The average molecular weight is 392 g/mol. The number of rotatable bonds is 3. The standard InChI is InChI=1S/C18H15F3N4O3/c1-10-9-14(27-23-10)13-3-2-8-25(13)16(26)12-6-4-11(5-7-12)15-22-17(28-24-15)18(19,20)21/h4-7,9,13H,2-3,8H2,1H3/t13-/m0/s1. The van der Waals surface area contributed by atoms with Gasteiger partial charge in [0, 0.05) is 23.7 Å². The maximum atomic E-state index is 12.9. The van der Waals surface area contributed by atoms with Crippen molar-refractivity contribution in [3.05, 3.63) is 53.2 Å². The molecule has 0 N–H and O–H groups in total. The van der Waals surface area contributed by atoms with E-state index in [4.69, 9.17) is 4.52 Å². The van der Waals surface area contributed by atoms with Gasteiger partial charge in [-0.3, -0.25) is 4.79 Å². The zero-order chi connectivity index (χ0) is 19.9. The molecule has 1 aliphatic rings. The molecule has 0 saturated carbocycles. The predicted octanol–water partition coefficient (Wildman–Crippen LogP) is 4.03. The number of carbonyl (C=O) groups excluding carboxylic acids is 1. The fraction of sp³-hybridized carbons (Fsp3) is 0.333. The molecule has 1 atom stereocenters.